The highest BCUT2D eigenvalue weighted by molar-refractivity contribution is 7.80. The number of nitrogens with zero attached hydrogens (tertiary/aromatic N) is 3. The number of rotatable bonds is 6. The van der Waals surface area contributed by atoms with Gasteiger partial charge in [0.05, 0.1) is 4.99 Å². The lowest BCUT2D eigenvalue weighted by Gasteiger charge is -2.20. The molecule has 17 heavy (non-hydrogen) atoms. The van der Waals surface area contributed by atoms with Crippen molar-refractivity contribution in [2.24, 2.45) is 11.5 Å². The number of anilines is 1. The Morgan fingerprint density at radius 3 is 2.53 bits per heavy atom. The summed E-state index contributed by atoms with van der Waals surface area (Å²) in [7, 11) is 0. The molecule has 6 nitrogen and oxygen atoms in total. The molecule has 0 aliphatic heterocycles. The van der Waals surface area contributed by atoms with E-state index < -0.39 is 5.91 Å². The average molecular weight is 253 g/mol. The first-order chi connectivity index (χ1) is 8.04. The molecule has 0 aromatic carbocycles. The number of amides is 1. The Morgan fingerprint density at radius 1 is 1.41 bits per heavy atom. The molecule has 0 bridgehead atoms. The van der Waals surface area contributed by atoms with Crippen molar-refractivity contribution in [3.8, 4) is 0 Å². The minimum atomic E-state index is -0.588. The second-order valence-electron chi connectivity index (χ2n) is 3.44. The van der Waals surface area contributed by atoms with E-state index in [-0.39, 0.29) is 5.69 Å². The van der Waals surface area contributed by atoms with Gasteiger partial charge in [-0.2, -0.15) is 0 Å². The number of nitrogens with two attached hydrogens (primary N) is 2. The fourth-order valence-electron chi connectivity index (χ4n) is 1.31. The van der Waals surface area contributed by atoms with Gasteiger partial charge in [0.1, 0.15) is 0 Å². The van der Waals surface area contributed by atoms with Crippen molar-refractivity contribution in [2.45, 2.75) is 13.3 Å². The predicted octanol–water partition coefficient (Wildman–Crippen LogP) is 0.0780. The molecule has 0 fully saturated rings. The lowest BCUT2D eigenvalue weighted by atomic mass is 10.3. The highest BCUT2D eigenvalue weighted by Gasteiger charge is 2.08. The molecule has 1 rings (SSSR count). The summed E-state index contributed by atoms with van der Waals surface area (Å²) in [5.74, 6) is 0.0870. The van der Waals surface area contributed by atoms with Gasteiger partial charge in [-0.15, -0.1) is 10.2 Å². The Kier molecular flexibility index (Phi) is 4.77. The third kappa shape index (κ3) is 3.95. The van der Waals surface area contributed by atoms with Gasteiger partial charge in [-0.25, -0.2) is 0 Å². The molecule has 1 aromatic rings. The van der Waals surface area contributed by atoms with Crippen molar-refractivity contribution in [1.82, 2.24) is 10.2 Å². The summed E-state index contributed by atoms with van der Waals surface area (Å²) in [6, 6.07) is 3.25. The molecule has 0 aliphatic rings. The van der Waals surface area contributed by atoms with Crippen LogP contribution >= 0.6 is 12.2 Å². The van der Waals surface area contributed by atoms with Gasteiger partial charge in [-0.05, 0) is 19.1 Å². The smallest absolute Gasteiger partial charge is 0.269 e. The van der Waals surface area contributed by atoms with E-state index in [4.69, 9.17) is 23.7 Å². The van der Waals surface area contributed by atoms with Crippen molar-refractivity contribution < 1.29 is 4.79 Å². The fourth-order valence-corrected chi connectivity index (χ4v) is 1.40. The van der Waals surface area contributed by atoms with Crippen LogP contribution in [-0.2, 0) is 0 Å². The highest BCUT2D eigenvalue weighted by Crippen LogP contribution is 2.09. The Labute approximate surface area is 105 Å². The third-order valence-corrected chi connectivity index (χ3v) is 2.44. The van der Waals surface area contributed by atoms with Gasteiger partial charge >= 0.3 is 0 Å². The summed E-state index contributed by atoms with van der Waals surface area (Å²) in [6.45, 7) is 3.42. The fraction of sp³-hybridized carbons (Fsp3) is 0.400. The van der Waals surface area contributed by atoms with Gasteiger partial charge in [0.2, 0.25) is 0 Å². The molecule has 0 radical (unpaired) electrons. The van der Waals surface area contributed by atoms with Crippen LogP contribution in [0, 0.1) is 0 Å². The molecule has 92 valence electrons. The minimum Gasteiger partial charge on any atom is -0.393 e. The lowest BCUT2D eigenvalue weighted by Crippen LogP contribution is -2.28. The van der Waals surface area contributed by atoms with Crippen LogP contribution in [-0.4, -0.2) is 34.2 Å². The number of hydrogen-bond donors (Lipinski definition) is 2. The van der Waals surface area contributed by atoms with Gasteiger partial charge in [0, 0.05) is 19.5 Å². The zero-order valence-corrected chi connectivity index (χ0v) is 10.4. The first-order valence-corrected chi connectivity index (χ1v) is 5.62. The predicted molar refractivity (Wildman–Crippen MR) is 69.8 cm³/mol. The van der Waals surface area contributed by atoms with Gasteiger partial charge in [-0.3, -0.25) is 4.79 Å². The topological polar surface area (TPSA) is 98.1 Å². The molecule has 1 heterocycles. The monoisotopic (exact) mass is 253 g/mol. The standard InChI is InChI=1S/C10H15N5OS/c1-2-15(6-5-8(11)17)9-4-3-7(10(12)16)13-14-9/h3-4H,2,5-6H2,1H3,(H2,11,17)(H2,12,16). The molecule has 1 amide bonds. The van der Waals surface area contributed by atoms with Crippen molar-refractivity contribution in [2.75, 3.05) is 18.0 Å². The second kappa shape index (κ2) is 6.09. The molecule has 7 heteroatoms. The molecule has 0 spiro atoms. The van der Waals surface area contributed by atoms with Crippen LogP contribution in [0.4, 0.5) is 5.82 Å². The Hall–Kier alpha value is -1.76. The molecule has 1 aromatic heterocycles. The molecule has 0 saturated heterocycles. The number of primary amides is 1. The first kappa shape index (κ1) is 13.3. The van der Waals surface area contributed by atoms with Crippen LogP contribution in [0.2, 0.25) is 0 Å². The van der Waals surface area contributed by atoms with Crippen molar-refractivity contribution in [3.05, 3.63) is 17.8 Å². The molecular formula is C10H15N5OS. The van der Waals surface area contributed by atoms with Gasteiger partial charge in [-0.1, -0.05) is 12.2 Å². The van der Waals surface area contributed by atoms with Crippen LogP contribution in [0.1, 0.15) is 23.8 Å². The molecule has 4 N–H and O–H groups in total. The van der Waals surface area contributed by atoms with E-state index in [9.17, 15) is 4.79 Å². The maximum atomic E-state index is 10.8. The highest BCUT2D eigenvalue weighted by atomic mass is 32.1. The van der Waals surface area contributed by atoms with Crippen LogP contribution in [0.5, 0.6) is 0 Å². The van der Waals surface area contributed by atoms with Crippen molar-refractivity contribution in [1.29, 1.82) is 0 Å². The summed E-state index contributed by atoms with van der Waals surface area (Å²) in [6.07, 6.45) is 0.614. The zero-order chi connectivity index (χ0) is 12.8. The third-order valence-electron chi connectivity index (χ3n) is 2.24. The van der Waals surface area contributed by atoms with Gasteiger partial charge in [0.25, 0.3) is 5.91 Å². The van der Waals surface area contributed by atoms with E-state index >= 15 is 0 Å². The normalized spacial score (nSPS) is 9.94. The van der Waals surface area contributed by atoms with Crippen molar-refractivity contribution in [3.63, 3.8) is 0 Å². The van der Waals surface area contributed by atoms with E-state index in [0.29, 0.717) is 23.8 Å². The van der Waals surface area contributed by atoms with Crippen LogP contribution in [0.25, 0.3) is 0 Å². The molecule has 0 unspecified atom stereocenters. The molecule has 0 saturated carbocycles. The van der Waals surface area contributed by atoms with Crippen LogP contribution in [0.3, 0.4) is 0 Å². The van der Waals surface area contributed by atoms with E-state index in [1.54, 1.807) is 12.1 Å². The summed E-state index contributed by atoms with van der Waals surface area (Å²) >= 11 is 4.82. The lowest BCUT2D eigenvalue weighted by molar-refractivity contribution is 0.0994. The van der Waals surface area contributed by atoms with Crippen LogP contribution in [0.15, 0.2) is 12.1 Å². The summed E-state index contributed by atoms with van der Waals surface area (Å²) in [5, 5.41) is 7.68. The number of aromatic nitrogens is 2. The number of carbonyl (C=O) groups excluding carboxylic acids is 1. The maximum Gasteiger partial charge on any atom is 0.269 e. The van der Waals surface area contributed by atoms with Crippen molar-refractivity contribution >= 4 is 28.9 Å². The Balaban J connectivity index is 2.75. The molecular weight excluding hydrogens is 238 g/mol. The van der Waals surface area contributed by atoms with Gasteiger partial charge in [0.15, 0.2) is 11.5 Å². The average Bonchev–Trinajstić information content (AvgIpc) is 2.30. The maximum absolute atomic E-state index is 10.8. The molecule has 0 aliphatic carbocycles. The van der Waals surface area contributed by atoms with E-state index in [1.807, 2.05) is 11.8 Å². The zero-order valence-electron chi connectivity index (χ0n) is 9.59. The summed E-state index contributed by atoms with van der Waals surface area (Å²) < 4.78 is 0. The summed E-state index contributed by atoms with van der Waals surface area (Å²) in [4.78, 5) is 13.3. The quantitative estimate of drug-likeness (QED) is 0.697. The number of thiocarbonyl (C=S) groups is 1. The Bertz CT molecular complexity index is 406. The van der Waals surface area contributed by atoms with E-state index in [0.717, 1.165) is 6.54 Å². The second-order valence-corrected chi connectivity index (χ2v) is 3.96. The number of hydrogen-bond acceptors (Lipinski definition) is 5. The summed E-state index contributed by atoms with van der Waals surface area (Å²) in [5.41, 5.74) is 10.7. The molecule has 0 atom stereocenters. The van der Waals surface area contributed by atoms with E-state index in [2.05, 4.69) is 10.2 Å². The Morgan fingerprint density at radius 2 is 2.12 bits per heavy atom. The van der Waals surface area contributed by atoms with Crippen LogP contribution < -0.4 is 16.4 Å². The minimum absolute atomic E-state index is 0.152. The SMILES string of the molecule is CCN(CCC(N)=S)c1ccc(C(N)=O)nn1. The first-order valence-electron chi connectivity index (χ1n) is 5.21. The largest absolute Gasteiger partial charge is 0.393 e. The van der Waals surface area contributed by atoms with Gasteiger partial charge < -0.3 is 16.4 Å². The number of carbonyl (C=O) groups is 1. The van der Waals surface area contributed by atoms with E-state index in [1.165, 1.54) is 0 Å².